The number of rotatable bonds is 3. The first-order valence-corrected chi connectivity index (χ1v) is 6.08. The van der Waals surface area contributed by atoms with Crippen LogP contribution in [0.2, 0.25) is 0 Å². The largest absolute Gasteiger partial charge is 0.394 e. The van der Waals surface area contributed by atoms with Crippen LogP contribution in [0.3, 0.4) is 0 Å². The van der Waals surface area contributed by atoms with Crippen LogP contribution >= 0.6 is 0 Å². The van der Waals surface area contributed by atoms with Crippen molar-refractivity contribution in [3.05, 3.63) is 35.6 Å². The molecule has 1 aromatic rings. The zero-order valence-corrected chi connectivity index (χ0v) is 10.1. The minimum atomic E-state index is -4.67. The van der Waals surface area contributed by atoms with E-state index in [1.807, 2.05) is 0 Å². The van der Waals surface area contributed by atoms with Crippen molar-refractivity contribution in [2.45, 2.75) is 6.42 Å². The van der Waals surface area contributed by atoms with E-state index in [1.54, 1.807) is 12.1 Å². The Bertz CT molecular complexity index is 475. The van der Waals surface area contributed by atoms with Crippen molar-refractivity contribution in [2.75, 3.05) is 6.54 Å². The molecule has 1 rings (SSSR count). The molecule has 0 atom stereocenters. The van der Waals surface area contributed by atoms with Crippen LogP contribution in [-0.2, 0) is 16.8 Å². The zero-order valence-electron chi connectivity index (χ0n) is 9.32. The van der Waals surface area contributed by atoms with Gasteiger partial charge in [-0.05, 0) is 24.1 Å². The summed E-state index contributed by atoms with van der Waals surface area (Å²) in [4.78, 5) is 3.82. The highest BCUT2D eigenvalue weighted by molar-refractivity contribution is 7.79. The second kappa shape index (κ2) is 7.58. The average Bonchev–Trinajstić information content (AvgIpc) is 2.18. The molecule has 0 bridgehead atoms. The molecular formula is C9H14FN3O4S. The van der Waals surface area contributed by atoms with Crippen molar-refractivity contribution < 1.29 is 21.9 Å². The normalized spacial score (nSPS) is 10.2. The van der Waals surface area contributed by atoms with Crippen LogP contribution in [0.1, 0.15) is 5.56 Å². The molecule has 0 unspecified atom stereocenters. The summed E-state index contributed by atoms with van der Waals surface area (Å²) < 4.78 is 44.1. The van der Waals surface area contributed by atoms with Gasteiger partial charge < -0.3 is 11.5 Å². The van der Waals surface area contributed by atoms with E-state index in [-0.39, 0.29) is 11.8 Å². The zero-order chi connectivity index (χ0) is 14.2. The fourth-order valence-corrected chi connectivity index (χ4v) is 0.965. The topological polar surface area (TPSA) is 139 Å². The van der Waals surface area contributed by atoms with E-state index < -0.39 is 10.4 Å². The number of hydrogen-bond acceptors (Lipinski definition) is 3. The summed E-state index contributed by atoms with van der Waals surface area (Å²) >= 11 is 0. The molecule has 0 spiro atoms. The Balaban J connectivity index is 0.000000494. The fraction of sp³-hybridized carbons (Fsp3) is 0.222. The molecule has 0 saturated carbocycles. The molecule has 0 fully saturated rings. The van der Waals surface area contributed by atoms with Crippen LogP contribution < -0.4 is 11.5 Å². The number of hydrogen-bond donors (Lipinski definition) is 4. The Labute approximate surface area is 104 Å². The maximum atomic E-state index is 12.5. The standard InChI is InChI=1S/C9H12FN3.H2O4S/c10-8-3-1-7(2-4-8)5-6-13-9(11)12;1-5(2,3)4/h1-4H,5-6H2,(H4,11,12,13);(H2,1,2,3,4). The van der Waals surface area contributed by atoms with Crippen molar-refractivity contribution in [1.82, 2.24) is 0 Å². The lowest BCUT2D eigenvalue weighted by molar-refractivity contribution is 0.381. The third-order valence-corrected chi connectivity index (χ3v) is 1.61. The monoisotopic (exact) mass is 279 g/mol. The van der Waals surface area contributed by atoms with Crippen LogP contribution in [-0.4, -0.2) is 30.0 Å². The lowest BCUT2D eigenvalue weighted by atomic mass is 10.1. The number of benzene rings is 1. The number of nitrogens with zero attached hydrogens (tertiary/aromatic N) is 1. The van der Waals surface area contributed by atoms with Gasteiger partial charge in [0.05, 0.1) is 0 Å². The molecule has 7 nitrogen and oxygen atoms in total. The predicted molar refractivity (Wildman–Crippen MR) is 65.0 cm³/mol. The third kappa shape index (κ3) is 12.4. The number of aliphatic imine (C=N–C) groups is 1. The quantitative estimate of drug-likeness (QED) is 0.348. The van der Waals surface area contributed by atoms with Crippen LogP contribution in [0.25, 0.3) is 0 Å². The third-order valence-electron chi connectivity index (χ3n) is 1.61. The summed E-state index contributed by atoms with van der Waals surface area (Å²) in [5.74, 6) is -0.146. The highest BCUT2D eigenvalue weighted by Crippen LogP contribution is 2.03. The SMILES string of the molecule is NC(N)=NCCc1ccc(F)cc1.O=S(=O)(O)O. The van der Waals surface area contributed by atoms with E-state index in [4.69, 9.17) is 29.0 Å². The Morgan fingerprint density at radius 2 is 1.67 bits per heavy atom. The van der Waals surface area contributed by atoms with Crippen molar-refractivity contribution in [1.29, 1.82) is 0 Å². The van der Waals surface area contributed by atoms with E-state index in [2.05, 4.69) is 4.99 Å². The number of nitrogens with two attached hydrogens (primary N) is 2. The van der Waals surface area contributed by atoms with Crippen LogP contribution in [0, 0.1) is 5.82 Å². The Morgan fingerprint density at radius 1 is 1.22 bits per heavy atom. The average molecular weight is 279 g/mol. The number of halogens is 1. The van der Waals surface area contributed by atoms with E-state index >= 15 is 0 Å². The lowest BCUT2D eigenvalue weighted by Gasteiger charge is -1.97. The molecule has 0 heterocycles. The molecule has 0 amide bonds. The van der Waals surface area contributed by atoms with Gasteiger partial charge in [-0.25, -0.2) is 4.39 Å². The van der Waals surface area contributed by atoms with E-state index in [9.17, 15) is 4.39 Å². The molecule has 0 aliphatic rings. The van der Waals surface area contributed by atoms with Crippen molar-refractivity contribution in [2.24, 2.45) is 16.5 Å². The summed E-state index contributed by atoms with van der Waals surface area (Å²) in [6.45, 7) is 0.536. The fourth-order valence-electron chi connectivity index (χ4n) is 0.965. The second-order valence-corrected chi connectivity index (χ2v) is 4.03. The molecule has 1 aromatic carbocycles. The summed E-state index contributed by atoms with van der Waals surface area (Å²) in [6, 6.07) is 6.28. The summed E-state index contributed by atoms with van der Waals surface area (Å²) in [7, 11) is -4.67. The van der Waals surface area contributed by atoms with Gasteiger partial charge in [0.2, 0.25) is 0 Å². The Hall–Kier alpha value is -1.71. The summed E-state index contributed by atoms with van der Waals surface area (Å²) in [5, 5.41) is 0. The van der Waals surface area contributed by atoms with E-state index in [1.165, 1.54) is 12.1 Å². The van der Waals surface area contributed by atoms with Crippen molar-refractivity contribution in [3.63, 3.8) is 0 Å². The minimum absolute atomic E-state index is 0.0853. The van der Waals surface area contributed by atoms with Gasteiger partial charge in [0.25, 0.3) is 0 Å². The van der Waals surface area contributed by atoms with Gasteiger partial charge in [-0.3, -0.25) is 14.1 Å². The van der Waals surface area contributed by atoms with Crippen LogP contribution in [0.15, 0.2) is 29.3 Å². The van der Waals surface area contributed by atoms with Gasteiger partial charge in [0, 0.05) is 6.54 Å². The maximum Gasteiger partial charge on any atom is 0.394 e. The van der Waals surface area contributed by atoms with E-state index in [0.29, 0.717) is 6.54 Å². The van der Waals surface area contributed by atoms with Crippen molar-refractivity contribution in [3.8, 4) is 0 Å². The molecule has 0 aliphatic carbocycles. The van der Waals surface area contributed by atoms with Gasteiger partial charge in [-0.2, -0.15) is 8.42 Å². The second-order valence-electron chi connectivity index (χ2n) is 3.13. The Kier molecular flexibility index (Phi) is 6.86. The first-order valence-electron chi connectivity index (χ1n) is 4.68. The smallest absolute Gasteiger partial charge is 0.370 e. The minimum Gasteiger partial charge on any atom is -0.370 e. The first-order chi connectivity index (χ1) is 8.18. The molecule has 102 valence electrons. The summed E-state index contributed by atoms with van der Waals surface area (Å²) in [5.41, 5.74) is 11.3. The van der Waals surface area contributed by atoms with Gasteiger partial charge in [0.1, 0.15) is 5.82 Å². The van der Waals surface area contributed by atoms with Crippen molar-refractivity contribution >= 4 is 16.4 Å². The van der Waals surface area contributed by atoms with Crippen LogP contribution in [0.4, 0.5) is 4.39 Å². The van der Waals surface area contributed by atoms with Gasteiger partial charge in [-0.1, -0.05) is 12.1 Å². The molecular weight excluding hydrogens is 265 g/mol. The van der Waals surface area contributed by atoms with E-state index in [0.717, 1.165) is 12.0 Å². The first kappa shape index (κ1) is 16.3. The van der Waals surface area contributed by atoms with Gasteiger partial charge in [-0.15, -0.1) is 0 Å². The summed E-state index contributed by atoms with van der Waals surface area (Å²) in [6.07, 6.45) is 0.720. The molecule has 9 heteroatoms. The number of guanidine groups is 1. The molecule has 0 saturated heterocycles. The van der Waals surface area contributed by atoms with Gasteiger partial charge in [0.15, 0.2) is 5.96 Å². The molecule has 0 aliphatic heterocycles. The van der Waals surface area contributed by atoms with Crippen LogP contribution in [0.5, 0.6) is 0 Å². The molecule has 6 N–H and O–H groups in total. The van der Waals surface area contributed by atoms with Gasteiger partial charge >= 0.3 is 10.4 Å². The molecule has 0 aromatic heterocycles. The molecule has 18 heavy (non-hydrogen) atoms. The maximum absolute atomic E-state index is 12.5. The molecule has 0 radical (unpaired) electrons. The predicted octanol–water partition coefficient (Wildman–Crippen LogP) is -0.0112. The highest BCUT2D eigenvalue weighted by Gasteiger charge is 1.92. The Morgan fingerprint density at radius 3 is 2.06 bits per heavy atom. The highest BCUT2D eigenvalue weighted by atomic mass is 32.3. The lowest BCUT2D eigenvalue weighted by Crippen LogP contribution is -2.23.